The molecule has 1 N–H and O–H groups in total. The Kier molecular flexibility index (Phi) is 4.96. The number of amides is 1. The number of carbonyl (C=O) groups is 2. The number of furan rings is 1. The highest BCUT2D eigenvalue weighted by Gasteiger charge is 2.38. The number of benzene rings is 1. The molecule has 24 heavy (non-hydrogen) atoms. The van der Waals surface area contributed by atoms with Gasteiger partial charge >= 0.3 is 12.1 Å². The zero-order chi connectivity index (χ0) is 17.9. The first-order chi connectivity index (χ1) is 11.3. The summed E-state index contributed by atoms with van der Waals surface area (Å²) in [6.07, 6.45) is -3.42. The van der Waals surface area contributed by atoms with E-state index in [1.165, 1.54) is 24.5 Å². The maximum absolute atomic E-state index is 13.2. The van der Waals surface area contributed by atoms with E-state index in [9.17, 15) is 22.8 Å². The number of halogens is 3. The van der Waals surface area contributed by atoms with Gasteiger partial charge in [-0.1, -0.05) is 18.2 Å². The van der Waals surface area contributed by atoms with E-state index in [0.29, 0.717) is 5.56 Å². The third-order valence-electron chi connectivity index (χ3n) is 3.36. The minimum Gasteiger partial charge on any atom is -0.467 e. The second kappa shape index (κ2) is 6.77. The molecule has 0 radical (unpaired) electrons. The van der Waals surface area contributed by atoms with Crippen LogP contribution in [0, 0.1) is 6.92 Å². The summed E-state index contributed by atoms with van der Waals surface area (Å²) in [6.45, 7) is 1.59. The van der Waals surface area contributed by atoms with E-state index in [-0.39, 0.29) is 5.76 Å². The number of carbonyl (C=O) groups excluding carboxylic acids is 2. The van der Waals surface area contributed by atoms with E-state index >= 15 is 0 Å². The van der Waals surface area contributed by atoms with Crippen molar-refractivity contribution in [2.75, 3.05) is 7.11 Å². The fourth-order valence-electron chi connectivity index (χ4n) is 2.19. The molecule has 0 saturated carbocycles. The topological polar surface area (TPSA) is 68.5 Å². The van der Waals surface area contributed by atoms with E-state index in [4.69, 9.17) is 4.42 Å². The minimum atomic E-state index is -4.69. The number of esters is 1. The molecular formula is C16H14F3NO4. The van der Waals surface area contributed by atoms with Crippen LogP contribution in [0.1, 0.15) is 33.3 Å². The average molecular weight is 341 g/mol. The van der Waals surface area contributed by atoms with Gasteiger partial charge < -0.3 is 14.5 Å². The third kappa shape index (κ3) is 3.58. The van der Waals surface area contributed by atoms with E-state index in [1.807, 2.05) is 0 Å². The molecular weight excluding hydrogens is 327 g/mol. The first kappa shape index (κ1) is 17.6. The van der Waals surface area contributed by atoms with Gasteiger partial charge in [-0.3, -0.25) is 4.79 Å². The van der Waals surface area contributed by atoms with Crippen LogP contribution in [0.2, 0.25) is 0 Å². The lowest BCUT2D eigenvalue weighted by Crippen LogP contribution is -2.36. The van der Waals surface area contributed by atoms with Gasteiger partial charge in [-0.2, -0.15) is 13.2 Å². The Bertz CT molecular complexity index is 752. The Morgan fingerprint density at radius 3 is 2.42 bits per heavy atom. The van der Waals surface area contributed by atoms with Crippen LogP contribution in [0.3, 0.4) is 0 Å². The minimum absolute atomic E-state index is 0.0895. The summed E-state index contributed by atoms with van der Waals surface area (Å²) in [5, 5.41) is 2.23. The molecule has 0 unspecified atom stereocenters. The molecule has 2 aromatic rings. The van der Waals surface area contributed by atoms with Crippen LogP contribution in [-0.4, -0.2) is 19.0 Å². The molecule has 1 amide bonds. The maximum atomic E-state index is 13.2. The van der Waals surface area contributed by atoms with Crippen molar-refractivity contribution >= 4 is 11.9 Å². The number of alkyl halides is 3. The number of hydrogen-bond acceptors (Lipinski definition) is 4. The highest BCUT2D eigenvalue weighted by atomic mass is 19.4. The van der Waals surface area contributed by atoms with Gasteiger partial charge in [0.1, 0.15) is 0 Å². The summed E-state index contributed by atoms with van der Waals surface area (Å²) < 4.78 is 49.0. The zero-order valence-corrected chi connectivity index (χ0v) is 12.8. The van der Waals surface area contributed by atoms with Gasteiger partial charge in [-0.15, -0.1) is 0 Å². The molecule has 2 rings (SSSR count). The molecule has 1 atom stereocenters. The van der Waals surface area contributed by atoms with Crippen molar-refractivity contribution in [2.24, 2.45) is 0 Å². The summed E-state index contributed by atoms with van der Waals surface area (Å²) in [7, 11) is 1.02. The summed E-state index contributed by atoms with van der Waals surface area (Å²) in [6, 6.07) is 4.37. The number of nitrogens with one attached hydrogen (secondary N) is 1. The monoisotopic (exact) mass is 341 g/mol. The maximum Gasteiger partial charge on any atom is 0.416 e. The Balaban J connectivity index is 2.43. The fourth-order valence-corrected chi connectivity index (χ4v) is 2.19. The number of rotatable bonds is 4. The predicted octanol–water partition coefficient (Wildman–Crippen LogP) is 3.25. The van der Waals surface area contributed by atoms with Gasteiger partial charge in [0, 0.05) is 5.56 Å². The normalized spacial score (nSPS) is 12.5. The standard InChI is InChI=1S/C16H14F3NO4/c1-9-7-8-24-13(9)14(21)20-12(15(22)23-2)10-5-3-4-6-11(10)16(17,18)19/h3-8,12H,1-2H3,(H,20,21)/t12-/m1/s1. The largest absolute Gasteiger partial charge is 0.467 e. The Labute approximate surface area is 135 Å². The second-order valence-corrected chi connectivity index (χ2v) is 4.95. The van der Waals surface area contributed by atoms with Crippen molar-refractivity contribution in [2.45, 2.75) is 19.1 Å². The molecule has 0 spiro atoms. The van der Waals surface area contributed by atoms with E-state index < -0.39 is 35.2 Å². The second-order valence-electron chi connectivity index (χ2n) is 4.95. The summed E-state index contributed by atoms with van der Waals surface area (Å²) in [5.41, 5.74) is -0.952. The average Bonchev–Trinajstić information content (AvgIpc) is 2.97. The molecule has 1 heterocycles. The van der Waals surface area contributed by atoms with Crippen molar-refractivity contribution < 1.29 is 31.9 Å². The molecule has 0 bridgehead atoms. The molecule has 8 heteroatoms. The lowest BCUT2D eigenvalue weighted by molar-refractivity contribution is -0.144. The van der Waals surface area contributed by atoms with E-state index in [2.05, 4.69) is 10.1 Å². The summed E-state index contributed by atoms with van der Waals surface area (Å²) in [4.78, 5) is 24.1. The first-order valence-corrected chi connectivity index (χ1v) is 6.84. The van der Waals surface area contributed by atoms with Crippen LogP contribution in [0.25, 0.3) is 0 Å². The van der Waals surface area contributed by atoms with Crippen molar-refractivity contribution in [1.29, 1.82) is 0 Å². The lowest BCUT2D eigenvalue weighted by atomic mass is 9.99. The van der Waals surface area contributed by atoms with Gasteiger partial charge in [0.15, 0.2) is 11.8 Å². The van der Waals surface area contributed by atoms with Crippen LogP contribution in [0.5, 0.6) is 0 Å². The molecule has 0 fully saturated rings. The molecule has 0 aliphatic carbocycles. The Morgan fingerprint density at radius 1 is 1.21 bits per heavy atom. The van der Waals surface area contributed by atoms with Crippen molar-refractivity contribution in [1.82, 2.24) is 5.32 Å². The van der Waals surface area contributed by atoms with E-state index in [1.54, 1.807) is 6.92 Å². The molecule has 0 aliphatic heterocycles. The van der Waals surface area contributed by atoms with Crippen LogP contribution >= 0.6 is 0 Å². The van der Waals surface area contributed by atoms with Crippen molar-refractivity contribution in [3.05, 3.63) is 59.0 Å². The zero-order valence-electron chi connectivity index (χ0n) is 12.8. The molecule has 5 nitrogen and oxygen atoms in total. The van der Waals surface area contributed by atoms with Gasteiger partial charge in [-0.05, 0) is 24.6 Å². The van der Waals surface area contributed by atoms with Crippen LogP contribution < -0.4 is 5.32 Å². The highest BCUT2D eigenvalue weighted by Crippen LogP contribution is 2.35. The van der Waals surface area contributed by atoms with Crippen LogP contribution in [-0.2, 0) is 15.7 Å². The first-order valence-electron chi connectivity index (χ1n) is 6.84. The van der Waals surface area contributed by atoms with Gasteiger partial charge in [-0.25, -0.2) is 4.79 Å². The van der Waals surface area contributed by atoms with Crippen molar-refractivity contribution in [3.8, 4) is 0 Å². The fraction of sp³-hybridized carbons (Fsp3) is 0.250. The number of aryl methyl sites for hydroxylation is 1. The van der Waals surface area contributed by atoms with Crippen LogP contribution in [0.4, 0.5) is 13.2 Å². The summed E-state index contributed by atoms with van der Waals surface area (Å²) >= 11 is 0. The van der Waals surface area contributed by atoms with Crippen LogP contribution in [0.15, 0.2) is 41.0 Å². The van der Waals surface area contributed by atoms with Gasteiger partial charge in [0.25, 0.3) is 5.91 Å². The smallest absolute Gasteiger partial charge is 0.416 e. The number of hydrogen-bond donors (Lipinski definition) is 1. The highest BCUT2D eigenvalue weighted by molar-refractivity contribution is 5.96. The van der Waals surface area contributed by atoms with Gasteiger partial charge in [0.2, 0.25) is 0 Å². The lowest BCUT2D eigenvalue weighted by Gasteiger charge is -2.20. The number of ether oxygens (including phenoxy) is 1. The Morgan fingerprint density at radius 2 is 1.88 bits per heavy atom. The predicted molar refractivity (Wildman–Crippen MR) is 77.1 cm³/mol. The molecule has 1 aromatic heterocycles. The molecule has 0 saturated heterocycles. The summed E-state index contributed by atoms with van der Waals surface area (Å²) in [5.74, 6) is -1.93. The number of methoxy groups -OCH3 is 1. The molecule has 128 valence electrons. The van der Waals surface area contributed by atoms with Gasteiger partial charge in [0.05, 0.1) is 18.9 Å². The molecule has 0 aliphatic rings. The van der Waals surface area contributed by atoms with Crippen molar-refractivity contribution in [3.63, 3.8) is 0 Å². The molecule has 1 aromatic carbocycles. The Hall–Kier alpha value is -2.77. The SMILES string of the molecule is COC(=O)[C@H](NC(=O)c1occc1C)c1ccccc1C(F)(F)F. The van der Waals surface area contributed by atoms with E-state index in [0.717, 1.165) is 19.2 Å². The quantitative estimate of drug-likeness (QED) is 0.867. The third-order valence-corrected chi connectivity index (χ3v) is 3.36.